The van der Waals surface area contributed by atoms with Crippen molar-refractivity contribution in [2.24, 2.45) is 34.0 Å². The van der Waals surface area contributed by atoms with Gasteiger partial charge in [-0.05, 0) is 53.3 Å². The molecule has 15 heavy (non-hydrogen) atoms. The summed E-state index contributed by atoms with van der Waals surface area (Å²) in [5.74, 6) is 3.46. The Morgan fingerprint density at radius 1 is 1.27 bits per heavy atom. The zero-order valence-corrected chi connectivity index (χ0v) is 11.1. The van der Waals surface area contributed by atoms with Crippen molar-refractivity contribution < 1.29 is 0 Å². The smallest absolute Gasteiger partial charge is 0.0224 e. The summed E-state index contributed by atoms with van der Waals surface area (Å²) in [5, 5.41) is 0. The van der Waals surface area contributed by atoms with Crippen LogP contribution in [0.2, 0.25) is 0 Å². The molecule has 0 saturated heterocycles. The van der Waals surface area contributed by atoms with Crippen molar-refractivity contribution in [2.45, 2.75) is 60.3 Å². The van der Waals surface area contributed by atoms with Crippen LogP contribution in [0.1, 0.15) is 60.3 Å². The third kappa shape index (κ3) is 0.996. The average molecular weight is 206 g/mol. The van der Waals surface area contributed by atoms with E-state index in [0.717, 1.165) is 22.7 Å². The molecule has 0 aromatic carbocycles. The minimum Gasteiger partial charge on any atom is -0.0648 e. The standard InChI is InChI=1S/C15H26/c1-6-14(5)10-9-15(11(10)12(14)15)8-7-13(2,3)4/h10-12H,6-9H2,1-5H3. The van der Waals surface area contributed by atoms with E-state index in [9.17, 15) is 0 Å². The minimum atomic E-state index is 0.546. The third-order valence-corrected chi connectivity index (χ3v) is 6.23. The normalized spacial score (nSPS) is 55.4. The first-order valence-electron chi connectivity index (χ1n) is 6.85. The number of rotatable bonds is 3. The van der Waals surface area contributed by atoms with Gasteiger partial charge in [0.1, 0.15) is 0 Å². The van der Waals surface area contributed by atoms with Crippen molar-refractivity contribution >= 4 is 0 Å². The monoisotopic (exact) mass is 206 g/mol. The average Bonchev–Trinajstić information content (AvgIpc) is 2.42. The summed E-state index contributed by atoms with van der Waals surface area (Å²) in [6.07, 6.45) is 5.98. The van der Waals surface area contributed by atoms with Gasteiger partial charge in [0.2, 0.25) is 0 Å². The molecule has 3 aliphatic rings. The molecular weight excluding hydrogens is 180 g/mol. The first-order chi connectivity index (χ1) is 6.85. The molecule has 3 saturated carbocycles. The molecule has 0 amide bonds. The van der Waals surface area contributed by atoms with E-state index in [1.807, 2.05) is 0 Å². The van der Waals surface area contributed by atoms with Gasteiger partial charge in [-0.1, -0.05) is 41.0 Å². The highest BCUT2D eigenvalue weighted by Gasteiger charge is 2.89. The van der Waals surface area contributed by atoms with Gasteiger partial charge >= 0.3 is 0 Å². The van der Waals surface area contributed by atoms with E-state index in [1.54, 1.807) is 6.42 Å². The highest BCUT2D eigenvalue weighted by molar-refractivity contribution is 5.36. The van der Waals surface area contributed by atoms with Crippen molar-refractivity contribution in [3.8, 4) is 0 Å². The maximum atomic E-state index is 2.56. The lowest BCUT2D eigenvalue weighted by Gasteiger charge is -2.47. The first-order valence-corrected chi connectivity index (χ1v) is 6.85. The molecule has 0 aliphatic heterocycles. The van der Waals surface area contributed by atoms with Crippen molar-refractivity contribution in [1.82, 2.24) is 0 Å². The van der Waals surface area contributed by atoms with Crippen LogP contribution in [0.5, 0.6) is 0 Å². The molecular formula is C15H26. The van der Waals surface area contributed by atoms with Crippen LogP contribution < -0.4 is 0 Å². The fraction of sp³-hybridized carbons (Fsp3) is 1.00. The summed E-state index contributed by atoms with van der Waals surface area (Å²) in [6, 6.07) is 0. The van der Waals surface area contributed by atoms with Crippen molar-refractivity contribution in [3.05, 3.63) is 0 Å². The highest BCUT2D eigenvalue weighted by Crippen LogP contribution is 2.94. The van der Waals surface area contributed by atoms with E-state index >= 15 is 0 Å². The van der Waals surface area contributed by atoms with Gasteiger partial charge in [-0.3, -0.25) is 0 Å². The summed E-state index contributed by atoms with van der Waals surface area (Å²) < 4.78 is 0. The molecule has 5 unspecified atom stereocenters. The van der Waals surface area contributed by atoms with Crippen LogP contribution in [0.25, 0.3) is 0 Å². The Balaban J connectivity index is 1.64. The van der Waals surface area contributed by atoms with Crippen molar-refractivity contribution in [3.63, 3.8) is 0 Å². The van der Waals surface area contributed by atoms with Gasteiger partial charge in [0.05, 0.1) is 0 Å². The minimum absolute atomic E-state index is 0.546. The van der Waals surface area contributed by atoms with Gasteiger partial charge in [0.25, 0.3) is 0 Å². The Hall–Kier alpha value is 0. The molecule has 0 N–H and O–H groups in total. The summed E-state index contributed by atoms with van der Waals surface area (Å²) >= 11 is 0. The molecule has 3 rings (SSSR count). The molecule has 0 aromatic rings. The lowest BCUT2D eigenvalue weighted by Crippen LogP contribution is -2.41. The van der Waals surface area contributed by atoms with Gasteiger partial charge in [-0.15, -0.1) is 0 Å². The lowest BCUT2D eigenvalue weighted by molar-refractivity contribution is 0.00723. The van der Waals surface area contributed by atoms with Crippen LogP contribution in [0.4, 0.5) is 0 Å². The third-order valence-electron chi connectivity index (χ3n) is 6.23. The Morgan fingerprint density at radius 2 is 1.93 bits per heavy atom. The number of hydrogen-bond acceptors (Lipinski definition) is 0. The van der Waals surface area contributed by atoms with E-state index in [1.165, 1.54) is 25.2 Å². The van der Waals surface area contributed by atoms with Crippen LogP contribution in [0.3, 0.4) is 0 Å². The Kier molecular flexibility index (Phi) is 1.67. The summed E-state index contributed by atoms with van der Waals surface area (Å²) in [5.41, 5.74) is 2.18. The molecule has 3 aliphatic carbocycles. The molecule has 0 aromatic heterocycles. The van der Waals surface area contributed by atoms with Gasteiger partial charge in [0.15, 0.2) is 0 Å². The summed E-state index contributed by atoms with van der Waals surface area (Å²) in [6.45, 7) is 12.1. The second kappa shape index (κ2) is 2.46. The Bertz CT molecular complexity index is 298. The Labute approximate surface area is 94.8 Å². The topological polar surface area (TPSA) is 0 Å². The second-order valence-electron chi connectivity index (χ2n) is 7.97. The van der Waals surface area contributed by atoms with Crippen molar-refractivity contribution in [2.75, 3.05) is 0 Å². The fourth-order valence-electron chi connectivity index (χ4n) is 5.13. The molecule has 0 spiro atoms. The summed E-state index contributed by atoms with van der Waals surface area (Å²) in [7, 11) is 0. The molecule has 5 atom stereocenters. The maximum absolute atomic E-state index is 2.56. The molecule has 0 heteroatoms. The summed E-state index contributed by atoms with van der Waals surface area (Å²) in [4.78, 5) is 0. The van der Waals surface area contributed by atoms with E-state index in [-0.39, 0.29) is 0 Å². The van der Waals surface area contributed by atoms with Crippen LogP contribution >= 0.6 is 0 Å². The molecule has 0 radical (unpaired) electrons. The van der Waals surface area contributed by atoms with E-state index < -0.39 is 0 Å². The van der Waals surface area contributed by atoms with Gasteiger partial charge in [-0.25, -0.2) is 0 Å². The van der Waals surface area contributed by atoms with Gasteiger partial charge in [0, 0.05) is 0 Å². The molecule has 0 bridgehead atoms. The molecule has 0 nitrogen and oxygen atoms in total. The van der Waals surface area contributed by atoms with Gasteiger partial charge < -0.3 is 0 Å². The first kappa shape index (κ1) is 10.2. The van der Waals surface area contributed by atoms with Gasteiger partial charge in [-0.2, -0.15) is 0 Å². The molecule has 86 valence electrons. The number of fused-ring (bicyclic) bond motifs is 1. The molecule has 0 heterocycles. The largest absolute Gasteiger partial charge is 0.0648 e. The van der Waals surface area contributed by atoms with Crippen LogP contribution in [0, 0.1) is 34.0 Å². The quantitative estimate of drug-likeness (QED) is 0.638. The highest BCUT2D eigenvalue weighted by atomic mass is 14.9. The van der Waals surface area contributed by atoms with E-state index in [2.05, 4.69) is 34.6 Å². The van der Waals surface area contributed by atoms with Crippen LogP contribution in [-0.4, -0.2) is 0 Å². The lowest BCUT2D eigenvalue weighted by atomic mass is 9.57. The maximum Gasteiger partial charge on any atom is -0.0224 e. The number of hydrogen-bond donors (Lipinski definition) is 0. The fourth-order valence-corrected chi connectivity index (χ4v) is 5.13. The predicted molar refractivity (Wildman–Crippen MR) is 64.6 cm³/mol. The Morgan fingerprint density at radius 3 is 2.33 bits per heavy atom. The van der Waals surface area contributed by atoms with Crippen LogP contribution in [0.15, 0.2) is 0 Å². The zero-order chi connectivity index (χ0) is 11.1. The predicted octanol–water partition coefficient (Wildman–Crippen LogP) is 4.49. The zero-order valence-electron chi connectivity index (χ0n) is 11.1. The van der Waals surface area contributed by atoms with Crippen LogP contribution in [-0.2, 0) is 0 Å². The van der Waals surface area contributed by atoms with E-state index in [4.69, 9.17) is 0 Å². The molecule has 3 fully saturated rings. The second-order valence-corrected chi connectivity index (χ2v) is 7.97. The van der Waals surface area contributed by atoms with E-state index in [0.29, 0.717) is 5.41 Å². The SMILES string of the molecule is CCC1(C)C2CC3(CCC(C)(C)C)C2C13. The van der Waals surface area contributed by atoms with Crippen molar-refractivity contribution in [1.29, 1.82) is 0 Å².